The van der Waals surface area contributed by atoms with Crippen LogP contribution < -0.4 is 14.9 Å². The Hall–Kier alpha value is -2.49. The minimum atomic E-state index is -3.76. The van der Waals surface area contributed by atoms with E-state index in [4.69, 9.17) is 4.74 Å². The molecular weight excluding hydrogens is 380 g/mol. The zero-order valence-electron chi connectivity index (χ0n) is 15.7. The number of benzene rings is 1. The first kappa shape index (κ1) is 20.2. The summed E-state index contributed by atoms with van der Waals surface area (Å²) in [6.45, 7) is 4.54. The zero-order chi connectivity index (χ0) is 20.0. The van der Waals surface area contributed by atoms with Crippen molar-refractivity contribution >= 4 is 21.7 Å². The Morgan fingerprint density at radius 2 is 1.89 bits per heavy atom. The van der Waals surface area contributed by atoms with Gasteiger partial charge in [0.2, 0.25) is 15.9 Å². The second-order valence-electron chi connectivity index (χ2n) is 6.46. The van der Waals surface area contributed by atoms with Crippen molar-refractivity contribution < 1.29 is 17.9 Å². The van der Waals surface area contributed by atoms with Gasteiger partial charge in [-0.15, -0.1) is 0 Å². The summed E-state index contributed by atoms with van der Waals surface area (Å²) in [4.78, 5) is 19.1. The molecule has 1 aromatic carbocycles. The highest BCUT2D eigenvalue weighted by atomic mass is 32.2. The SMILES string of the molecule is C[C@H](NS(=O)(=O)c1ccccc1)C(=O)NCc1cccnc1N1CCOCC1. The molecule has 1 aliphatic heterocycles. The van der Waals surface area contributed by atoms with Gasteiger partial charge in [0.25, 0.3) is 0 Å². The molecule has 2 heterocycles. The van der Waals surface area contributed by atoms with Crippen LogP contribution in [0.1, 0.15) is 12.5 Å². The Labute approximate surface area is 165 Å². The molecule has 1 aliphatic rings. The number of rotatable bonds is 7. The first-order valence-electron chi connectivity index (χ1n) is 9.09. The molecule has 1 aromatic heterocycles. The number of hydrogen-bond acceptors (Lipinski definition) is 6. The normalized spacial score (nSPS) is 15.8. The summed E-state index contributed by atoms with van der Waals surface area (Å²) in [7, 11) is -3.76. The molecule has 0 unspecified atom stereocenters. The lowest BCUT2D eigenvalue weighted by molar-refractivity contribution is -0.122. The number of morpholine rings is 1. The number of pyridine rings is 1. The van der Waals surface area contributed by atoms with E-state index in [2.05, 4.69) is 19.9 Å². The standard InChI is InChI=1S/C19H24N4O4S/c1-15(22-28(25,26)17-7-3-2-4-8-17)19(24)21-14-16-6-5-9-20-18(16)23-10-12-27-13-11-23/h2-9,15,22H,10-14H2,1H3,(H,21,24)/t15-/m0/s1. The van der Waals surface area contributed by atoms with Crippen LogP contribution >= 0.6 is 0 Å². The van der Waals surface area contributed by atoms with Crippen LogP contribution in [-0.4, -0.2) is 51.7 Å². The molecule has 0 saturated carbocycles. The molecule has 1 saturated heterocycles. The summed E-state index contributed by atoms with van der Waals surface area (Å²) in [5.41, 5.74) is 0.871. The summed E-state index contributed by atoms with van der Waals surface area (Å²) in [5.74, 6) is 0.403. The highest BCUT2D eigenvalue weighted by molar-refractivity contribution is 7.89. The number of carbonyl (C=O) groups excluding carboxylic acids is 1. The number of carbonyl (C=O) groups is 1. The number of anilines is 1. The van der Waals surface area contributed by atoms with Crippen LogP contribution in [0.2, 0.25) is 0 Å². The van der Waals surface area contributed by atoms with Crippen molar-refractivity contribution in [2.24, 2.45) is 0 Å². The summed E-state index contributed by atoms with van der Waals surface area (Å²) < 4.78 is 32.5. The first-order valence-corrected chi connectivity index (χ1v) is 10.6. The fourth-order valence-electron chi connectivity index (χ4n) is 2.92. The second-order valence-corrected chi connectivity index (χ2v) is 8.17. The van der Waals surface area contributed by atoms with Crippen molar-refractivity contribution in [1.82, 2.24) is 15.0 Å². The number of amides is 1. The van der Waals surface area contributed by atoms with Gasteiger partial charge in [-0.1, -0.05) is 24.3 Å². The molecular formula is C19H24N4O4S. The third kappa shape index (κ3) is 5.06. The maximum Gasteiger partial charge on any atom is 0.241 e. The molecule has 1 atom stereocenters. The van der Waals surface area contributed by atoms with Gasteiger partial charge in [0, 0.05) is 31.4 Å². The van der Waals surface area contributed by atoms with E-state index in [-0.39, 0.29) is 11.4 Å². The molecule has 0 bridgehead atoms. The van der Waals surface area contributed by atoms with Crippen molar-refractivity contribution in [2.75, 3.05) is 31.2 Å². The van der Waals surface area contributed by atoms with Crippen molar-refractivity contribution in [2.45, 2.75) is 24.4 Å². The minimum absolute atomic E-state index is 0.122. The number of sulfonamides is 1. The monoisotopic (exact) mass is 404 g/mol. The van der Waals surface area contributed by atoms with E-state index in [0.717, 1.165) is 24.5 Å². The lowest BCUT2D eigenvalue weighted by atomic mass is 10.2. The molecule has 0 spiro atoms. The number of hydrogen-bond donors (Lipinski definition) is 2. The number of nitrogens with one attached hydrogen (secondary N) is 2. The molecule has 0 aliphatic carbocycles. The van der Waals surface area contributed by atoms with Crippen LogP contribution in [0.3, 0.4) is 0 Å². The largest absolute Gasteiger partial charge is 0.378 e. The zero-order valence-corrected chi connectivity index (χ0v) is 16.5. The predicted molar refractivity (Wildman–Crippen MR) is 105 cm³/mol. The van der Waals surface area contributed by atoms with E-state index in [0.29, 0.717) is 13.2 Å². The fourth-order valence-corrected chi connectivity index (χ4v) is 4.14. The third-order valence-electron chi connectivity index (χ3n) is 4.41. The van der Waals surface area contributed by atoms with Gasteiger partial charge in [-0.25, -0.2) is 13.4 Å². The van der Waals surface area contributed by atoms with Crippen LogP contribution in [0.15, 0.2) is 53.6 Å². The first-order chi connectivity index (χ1) is 13.5. The Morgan fingerprint density at radius 3 is 2.61 bits per heavy atom. The maximum atomic E-state index is 12.4. The van der Waals surface area contributed by atoms with E-state index in [9.17, 15) is 13.2 Å². The van der Waals surface area contributed by atoms with Crippen molar-refractivity contribution in [3.63, 3.8) is 0 Å². The van der Waals surface area contributed by atoms with Crippen molar-refractivity contribution in [3.8, 4) is 0 Å². The lowest BCUT2D eigenvalue weighted by Gasteiger charge is -2.29. The number of ether oxygens (including phenoxy) is 1. The third-order valence-corrected chi connectivity index (χ3v) is 5.97. The van der Waals surface area contributed by atoms with E-state index in [1.165, 1.54) is 19.1 Å². The van der Waals surface area contributed by atoms with Crippen LogP contribution in [0.25, 0.3) is 0 Å². The summed E-state index contributed by atoms with van der Waals surface area (Å²) in [6.07, 6.45) is 1.72. The lowest BCUT2D eigenvalue weighted by Crippen LogP contribution is -2.44. The predicted octanol–water partition coefficient (Wildman–Crippen LogP) is 0.901. The molecule has 3 rings (SSSR count). The highest BCUT2D eigenvalue weighted by Gasteiger charge is 2.22. The average molecular weight is 404 g/mol. The summed E-state index contributed by atoms with van der Waals surface area (Å²) in [6, 6.07) is 10.8. The van der Waals surface area contributed by atoms with E-state index >= 15 is 0 Å². The molecule has 150 valence electrons. The smallest absolute Gasteiger partial charge is 0.241 e. The Morgan fingerprint density at radius 1 is 1.18 bits per heavy atom. The molecule has 28 heavy (non-hydrogen) atoms. The van der Waals surface area contributed by atoms with Gasteiger partial charge in [-0.2, -0.15) is 4.72 Å². The van der Waals surface area contributed by atoms with Crippen molar-refractivity contribution in [3.05, 3.63) is 54.2 Å². The Bertz CT molecular complexity index is 899. The quantitative estimate of drug-likeness (QED) is 0.711. The average Bonchev–Trinajstić information content (AvgIpc) is 2.73. The number of aromatic nitrogens is 1. The van der Waals surface area contributed by atoms with Gasteiger partial charge >= 0.3 is 0 Å². The van der Waals surface area contributed by atoms with Gasteiger partial charge < -0.3 is 15.0 Å². The maximum absolute atomic E-state index is 12.4. The van der Waals surface area contributed by atoms with Crippen LogP contribution in [0.5, 0.6) is 0 Å². The Kier molecular flexibility index (Phi) is 6.61. The minimum Gasteiger partial charge on any atom is -0.378 e. The van der Waals surface area contributed by atoms with E-state index in [1.807, 2.05) is 12.1 Å². The van der Waals surface area contributed by atoms with E-state index in [1.54, 1.807) is 24.4 Å². The molecule has 0 radical (unpaired) electrons. The molecule has 1 fully saturated rings. The molecule has 9 heteroatoms. The van der Waals surface area contributed by atoms with Gasteiger partial charge in [-0.05, 0) is 25.1 Å². The summed E-state index contributed by atoms with van der Waals surface area (Å²) in [5, 5.41) is 2.79. The van der Waals surface area contributed by atoms with Gasteiger partial charge in [-0.3, -0.25) is 4.79 Å². The fraction of sp³-hybridized carbons (Fsp3) is 0.368. The second kappa shape index (κ2) is 9.13. The molecule has 1 amide bonds. The van der Waals surface area contributed by atoms with Crippen LogP contribution in [-0.2, 0) is 26.1 Å². The molecule has 2 N–H and O–H groups in total. The van der Waals surface area contributed by atoms with E-state index < -0.39 is 22.0 Å². The van der Waals surface area contributed by atoms with Crippen LogP contribution in [0.4, 0.5) is 5.82 Å². The molecule has 2 aromatic rings. The van der Waals surface area contributed by atoms with Crippen molar-refractivity contribution in [1.29, 1.82) is 0 Å². The molecule has 8 nitrogen and oxygen atoms in total. The van der Waals surface area contributed by atoms with Gasteiger partial charge in [0.1, 0.15) is 5.82 Å². The topological polar surface area (TPSA) is 101 Å². The number of nitrogens with zero attached hydrogens (tertiary/aromatic N) is 2. The Balaban J connectivity index is 1.61. The van der Waals surface area contributed by atoms with Crippen LogP contribution in [0, 0.1) is 0 Å². The van der Waals surface area contributed by atoms with Gasteiger partial charge in [0.15, 0.2) is 0 Å². The van der Waals surface area contributed by atoms with Gasteiger partial charge in [0.05, 0.1) is 24.2 Å². The summed E-state index contributed by atoms with van der Waals surface area (Å²) >= 11 is 0. The highest BCUT2D eigenvalue weighted by Crippen LogP contribution is 2.18.